The molecule has 0 aliphatic rings. The van der Waals surface area contributed by atoms with Gasteiger partial charge in [0.1, 0.15) is 6.33 Å². The van der Waals surface area contributed by atoms with E-state index in [4.69, 9.17) is 0 Å². The second-order valence-corrected chi connectivity index (χ2v) is 6.04. The van der Waals surface area contributed by atoms with Gasteiger partial charge in [0.25, 0.3) is 5.91 Å². The van der Waals surface area contributed by atoms with Crippen molar-refractivity contribution in [3.8, 4) is 0 Å². The van der Waals surface area contributed by atoms with Gasteiger partial charge < -0.3 is 5.32 Å². The van der Waals surface area contributed by atoms with Gasteiger partial charge in [0.05, 0.1) is 5.56 Å². The highest BCUT2D eigenvalue weighted by atomic mass is 127. The van der Waals surface area contributed by atoms with Crippen molar-refractivity contribution in [2.75, 3.05) is 6.54 Å². The van der Waals surface area contributed by atoms with Crippen LogP contribution in [0, 0.1) is 3.57 Å². The van der Waals surface area contributed by atoms with E-state index in [0.717, 1.165) is 13.9 Å². The van der Waals surface area contributed by atoms with E-state index in [1.165, 1.54) is 0 Å². The van der Waals surface area contributed by atoms with E-state index in [1.807, 2.05) is 25.2 Å². The monoisotopic (exact) mass is 434 g/mol. The lowest BCUT2D eigenvalue weighted by Crippen LogP contribution is -2.26. The first-order chi connectivity index (χ1) is 9.06. The first kappa shape index (κ1) is 14.4. The molecule has 1 amide bonds. The number of aromatic nitrogens is 3. The van der Waals surface area contributed by atoms with Crippen molar-refractivity contribution in [3.05, 3.63) is 44.0 Å². The van der Waals surface area contributed by atoms with Crippen LogP contribution in [-0.2, 0) is 13.5 Å². The van der Waals surface area contributed by atoms with Gasteiger partial charge in [0.15, 0.2) is 5.82 Å². The topological polar surface area (TPSA) is 59.8 Å². The molecule has 7 heteroatoms. The molecule has 0 aliphatic heterocycles. The molecule has 0 unspecified atom stereocenters. The number of benzene rings is 1. The molecule has 2 rings (SSSR count). The lowest BCUT2D eigenvalue weighted by atomic mass is 10.2. The average Bonchev–Trinajstić information content (AvgIpc) is 2.78. The van der Waals surface area contributed by atoms with Crippen molar-refractivity contribution in [1.29, 1.82) is 0 Å². The molecular weight excluding hydrogens is 423 g/mol. The molecule has 1 aromatic carbocycles. The Morgan fingerprint density at radius 1 is 1.53 bits per heavy atom. The summed E-state index contributed by atoms with van der Waals surface area (Å²) in [4.78, 5) is 16.1. The largest absolute Gasteiger partial charge is 0.352 e. The first-order valence-electron chi connectivity index (χ1n) is 5.64. The molecule has 19 heavy (non-hydrogen) atoms. The Kier molecular flexibility index (Phi) is 4.92. The fraction of sp³-hybridized carbons (Fsp3) is 0.250. The highest BCUT2D eigenvalue weighted by Crippen LogP contribution is 2.18. The van der Waals surface area contributed by atoms with Gasteiger partial charge in [0.2, 0.25) is 0 Å². The van der Waals surface area contributed by atoms with Gasteiger partial charge in [-0.1, -0.05) is 15.9 Å². The number of hydrogen-bond acceptors (Lipinski definition) is 3. The highest BCUT2D eigenvalue weighted by molar-refractivity contribution is 14.1. The molecule has 0 radical (unpaired) electrons. The summed E-state index contributed by atoms with van der Waals surface area (Å²) in [5, 5.41) is 7.03. The number of carbonyl (C=O) groups is 1. The zero-order chi connectivity index (χ0) is 13.8. The van der Waals surface area contributed by atoms with Crippen LogP contribution < -0.4 is 5.32 Å². The Bertz CT molecular complexity index is 599. The lowest BCUT2D eigenvalue weighted by Gasteiger charge is -2.06. The van der Waals surface area contributed by atoms with Gasteiger partial charge in [-0.05, 0) is 40.8 Å². The van der Waals surface area contributed by atoms with Crippen LogP contribution in [0.25, 0.3) is 0 Å². The molecule has 5 nitrogen and oxygen atoms in total. The van der Waals surface area contributed by atoms with Crippen LogP contribution in [0.2, 0.25) is 0 Å². The van der Waals surface area contributed by atoms with Crippen molar-refractivity contribution < 1.29 is 4.79 Å². The van der Waals surface area contributed by atoms with Crippen molar-refractivity contribution in [2.24, 2.45) is 7.05 Å². The Hall–Kier alpha value is -0.960. The molecule has 1 heterocycles. The zero-order valence-electron chi connectivity index (χ0n) is 10.2. The molecule has 0 spiro atoms. The molecule has 0 aliphatic carbocycles. The fourth-order valence-corrected chi connectivity index (χ4v) is 2.49. The Balaban J connectivity index is 1.92. The molecule has 0 saturated carbocycles. The number of nitrogens with zero attached hydrogens (tertiary/aromatic N) is 3. The normalized spacial score (nSPS) is 10.5. The summed E-state index contributed by atoms with van der Waals surface area (Å²) >= 11 is 5.52. The number of rotatable bonds is 4. The second kappa shape index (κ2) is 6.47. The van der Waals surface area contributed by atoms with Crippen LogP contribution in [0.4, 0.5) is 0 Å². The number of nitrogens with one attached hydrogen (secondary N) is 1. The van der Waals surface area contributed by atoms with Gasteiger partial charge in [-0.15, -0.1) is 0 Å². The lowest BCUT2D eigenvalue weighted by molar-refractivity contribution is 0.0953. The predicted molar refractivity (Wildman–Crippen MR) is 83.9 cm³/mol. The number of aryl methyl sites for hydroxylation is 1. The molecule has 2 aromatic rings. The minimum absolute atomic E-state index is 0.0818. The standard InChI is InChI=1S/C12H12BrIN4O/c1-18-7-16-11(17-18)4-5-15-12(19)9-6-8(13)2-3-10(9)14/h2-3,6-7H,4-5H2,1H3,(H,15,19). The summed E-state index contributed by atoms with van der Waals surface area (Å²) in [7, 11) is 1.82. The van der Waals surface area contributed by atoms with Gasteiger partial charge >= 0.3 is 0 Å². The van der Waals surface area contributed by atoms with Gasteiger partial charge in [-0.3, -0.25) is 9.48 Å². The summed E-state index contributed by atoms with van der Waals surface area (Å²) in [6, 6.07) is 5.63. The van der Waals surface area contributed by atoms with E-state index in [2.05, 4.69) is 53.9 Å². The number of halogens is 2. The highest BCUT2D eigenvalue weighted by Gasteiger charge is 2.10. The van der Waals surface area contributed by atoms with E-state index in [9.17, 15) is 4.79 Å². The van der Waals surface area contributed by atoms with Crippen molar-refractivity contribution >= 4 is 44.4 Å². The third-order valence-corrected chi connectivity index (χ3v) is 3.89. The van der Waals surface area contributed by atoms with Crippen LogP contribution in [0.3, 0.4) is 0 Å². The minimum atomic E-state index is -0.0818. The predicted octanol–water partition coefficient (Wildman–Crippen LogP) is 2.15. The number of hydrogen-bond donors (Lipinski definition) is 1. The van der Waals surface area contributed by atoms with E-state index >= 15 is 0 Å². The first-order valence-corrected chi connectivity index (χ1v) is 7.51. The van der Waals surface area contributed by atoms with Gasteiger partial charge in [-0.25, -0.2) is 4.98 Å². The Labute approximate surface area is 133 Å². The molecule has 0 fully saturated rings. The second-order valence-electron chi connectivity index (χ2n) is 3.96. The summed E-state index contributed by atoms with van der Waals surface area (Å²) in [6.07, 6.45) is 2.27. The summed E-state index contributed by atoms with van der Waals surface area (Å²) in [5.74, 6) is 0.647. The van der Waals surface area contributed by atoms with Crippen LogP contribution >= 0.6 is 38.5 Å². The van der Waals surface area contributed by atoms with Crippen LogP contribution in [0.15, 0.2) is 29.0 Å². The average molecular weight is 435 g/mol. The third-order valence-electron chi connectivity index (χ3n) is 2.45. The van der Waals surface area contributed by atoms with E-state index in [-0.39, 0.29) is 5.91 Å². The molecule has 1 aromatic heterocycles. The molecule has 0 bridgehead atoms. The summed E-state index contributed by atoms with van der Waals surface area (Å²) < 4.78 is 3.47. The fourth-order valence-electron chi connectivity index (χ4n) is 1.55. The Morgan fingerprint density at radius 3 is 3.00 bits per heavy atom. The molecule has 100 valence electrons. The maximum Gasteiger partial charge on any atom is 0.252 e. The quantitative estimate of drug-likeness (QED) is 0.750. The third kappa shape index (κ3) is 4.00. The van der Waals surface area contributed by atoms with Crippen LogP contribution in [-0.4, -0.2) is 27.2 Å². The zero-order valence-corrected chi connectivity index (χ0v) is 14.0. The maximum absolute atomic E-state index is 12.0. The summed E-state index contributed by atoms with van der Waals surface area (Å²) in [5.41, 5.74) is 0.670. The van der Waals surface area contributed by atoms with Crippen molar-refractivity contribution in [2.45, 2.75) is 6.42 Å². The Morgan fingerprint density at radius 2 is 2.32 bits per heavy atom. The SMILES string of the molecule is Cn1cnc(CCNC(=O)c2cc(Br)ccc2I)n1. The number of amides is 1. The van der Waals surface area contributed by atoms with Gasteiger partial charge in [0, 0.05) is 28.1 Å². The van der Waals surface area contributed by atoms with E-state index in [1.54, 1.807) is 11.0 Å². The molecule has 1 N–H and O–H groups in total. The molecule has 0 atom stereocenters. The summed E-state index contributed by atoms with van der Waals surface area (Å²) in [6.45, 7) is 0.519. The van der Waals surface area contributed by atoms with Crippen molar-refractivity contribution in [3.63, 3.8) is 0 Å². The number of carbonyl (C=O) groups excluding carboxylic acids is 1. The van der Waals surface area contributed by atoms with E-state index < -0.39 is 0 Å². The van der Waals surface area contributed by atoms with E-state index in [0.29, 0.717) is 18.5 Å². The van der Waals surface area contributed by atoms with Crippen molar-refractivity contribution in [1.82, 2.24) is 20.1 Å². The van der Waals surface area contributed by atoms with Gasteiger partial charge in [-0.2, -0.15) is 5.10 Å². The molecule has 0 saturated heterocycles. The van der Waals surface area contributed by atoms with Crippen LogP contribution in [0.1, 0.15) is 16.2 Å². The minimum Gasteiger partial charge on any atom is -0.352 e. The maximum atomic E-state index is 12.0. The molecular formula is C12H12BrIN4O. The van der Waals surface area contributed by atoms with Crippen LogP contribution in [0.5, 0.6) is 0 Å². The smallest absolute Gasteiger partial charge is 0.252 e.